The van der Waals surface area contributed by atoms with Gasteiger partial charge in [0.15, 0.2) is 0 Å². The first-order chi connectivity index (χ1) is 7.68. The number of aryl methyl sites for hydroxylation is 1. The molecule has 0 heterocycles. The summed E-state index contributed by atoms with van der Waals surface area (Å²) in [5, 5.41) is 3.57. The Kier molecular flexibility index (Phi) is 3.65. The van der Waals surface area contributed by atoms with Gasteiger partial charge in [-0.1, -0.05) is 38.1 Å². The monoisotopic (exact) mass is 217 g/mol. The van der Waals surface area contributed by atoms with Gasteiger partial charge in [0.05, 0.1) is 0 Å². The van der Waals surface area contributed by atoms with Gasteiger partial charge in [0.25, 0.3) is 0 Å². The maximum atomic E-state index is 3.57. The Labute approximate surface area is 99.3 Å². The molecule has 0 bridgehead atoms. The van der Waals surface area contributed by atoms with Crippen LogP contribution in [-0.4, -0.2) is 12.6 Å². The molecule has 0 saturated heterocycles. The van der Waals surface area contributed by atoms with E-state index in [0.717, 1.165) is 11.8 Å². The predicted molar refractivity (Wildman–Crippen MR) is 69.8 cm³/mol. The van der Waals surface area contributed by atoms with Crippen molar-refractivity contribution in [1.29, 1.82) is 0 Å². The lowest BCUT2D eigenvalue weighted by Gasteiger charge is -2.38. The van der Waals surface area contributed by atoms with E-state index in [4.69, 9.17) is 0 Å². The summed E-state index contributed by atoms with van der Waals surface area (Å²) >= 11 is 0. The Morgan fingerprint density at radius 2 is 2.00 bits per heavy atom. The molecule has 1 fully saturated rings. The fourth-order valence-electron chi connectivity index (χ4n) is 2.61. The Morgan fingerprint density at radius 1 is 1.25 bits per heavy atom. The van der Waals surface area contributed by atoms with Gasteiger partial charge in [-0.3, -0.25) is 0 Å². The first kappa shape index (κ1) is 11.7. The summed E-state index contributed by atoms with van der Waals surface area (Å²) < 4.78 is 0. The van der Waals surface area contributed by atoms with Gasteiger partial charge in [0.1, 0.15) is 0 Å². The summed E-state index contributed by atoms with van der Waals surface area (Å²) in [6.45, 7) is 7.86. The Hall–Kier alpha value is -0.820. The van der Waals surface area contributed by atoms with Crippen LogP contribution in [0.2, 0.25) is 0 Å². The average Bonchev–Trinajstić information content (AvgIpc) is 2.19. The van der Waals surface area contributed by atoms with Crippen LogP contribution < -0.4 is 5.32 Å². The molecule has 1 nitrogen and oxygen atoms in total. The zero-order valence-corrected chi connectivity index (χ0v) is 10.7. The second-order valence-electron chi connectivity index (χ2n) is 5.36. The summed E-state index contributed by atoms with van der Waals surface area (Å²) in [5.74, 6) is 1.65. The van der Waals surface area contributed by atoms with E-state index in [-0.39, 0.29) is 0 Å². The summed E-state index contributed by atoms with van der Waals surface area (Å²) in [6.07, 6.45) is 2.76. The first-order valence-electron chi connectivity index (χ1n) is 6.47. The van der Waals surface area contributed by atoms with Crippen LogP contribution >= 0.6 is 0 Å². The smallest absolute Gasteiger partial charge is 0.00104 e. The summed E-state index contributed by atoms with van der Waals surface area (Å²) in [4.78, 5) is 0. The average molecular weight is 217 g/mol. The molecule has 2 rings (SSSR count). The van der Waals surface area contributed by atoms with E-state index < -0.39 is 0 Å². The van der Waals surface area contributed by atoms with Crippen LogP contribution in [0, 0.1) is 12.8 Å². The second kappa shape index (κ2) is 5.01. The van der Waals surface area contributed by atoms with E-state index in [0.29, 0.717) is 6.04 Å². The Balaban J connectivity index is 1.98. The number of rotatable bonds is 4. The standard InChI is InChI=1S/C15H23N/c1-11(2)16-10-13-8-9-15(13)14-7-5-4-6-12(14)3/h4-7,11,13,15-16H,8-10H2,1-3H3. The van der Waals surface area contributed by atoms with Gasteiger partial charge in [-0.2, -0.15) is 0 Å². The first-order valence-corrected chi connectivity index (χ1v) is 6.47. The van der Waals surface area contributed by atoms with E-state index >= 15 is 0 Å². The van der Waals surface area contributed by atoms with Crippen molar-refractivity contribution in [3.05, 3.63) is 35.4 Å². The molecule has 88 valence electrons. The number of hydrogen-bond acceptors (Lipinski definition) is 1. The van der Waals surface area contributed by atoms with E-state index in [1.165, 1.54) is 24.9 Å². The van der Waals surface area contributed by atoms with Crippen molar-refractivity contribution in [3.8, 4) is 0 Å². The third-order valence-corrected chi connectivity index (χ3v) is 3.79. The van der Waals surface area contributed by atoms with Crippen LogP contribution in [0.25, 0.3) is 0 Å². The molecular formula is C15H23N. The highest BCUT2D eigenvalue weighted by molar-refractivity contribution is 5.31. The van der Waals surface area contributed by atoms with Crippen molar-refractivity contribution >= 4 is 0 Å². The second-order valence-corrected chi connectivity index (χ2v) is 5.36. The van der Waals surface area contributed by atoms with Crippen molar-refractivity contribution in [2.24, 2.45) is 5.92 Å². The molecule has 1 N–H and O–H groups in total. The van der Waals surface area contributed by atoms with E-state index in [1.54, 1.807) is 5.56 Å². The van der Waals surface area contributed by atoms with E-state index in [1.807, 2.05) is 0 Å². The summed E-state index contributed by atoms with van der Waals surface area (Å²) in [5.41, 5.74) is 3.03. The van der Waals surface area contributed by atoms with Crippen molar-refractivity contribution < 1.29 is 0 Å². The minimum atomic E-state index is 0.609. The van der Waals surface area contributed by atoms with Crippen LogP contribution in [0.5, 0.6) is 0 Å². The molecule has 0 amide bonds. The summed E-state index contributed by atoms with van der Waals surface area (Å²) in [7, 11) is 0. The maximum absolute atomic E-state index is 3.57. The van der Waals surface area contributed by atoms with Crippen LogP contribution in [-0.2, 0) is 0 Å². The quantitative estimate of drug-likeness (QED) is 0.814. The van der Waals surface area contributed by atoms with Crippen molar-refractivity contribution in [2.75, 3.05) is 6.54 Å². The molecule has 1 aliphatic carbocycles. The number of hydrogen-bond donors (Lipinski definition) is 1. The highest BCUT2D eigenvalue weighted by Crippen LogP contribution is 2.43. The van der Waals surface area contributed by atoms with Gasteiger partial charge in [0, 0.05) is 6.04 Å². The normalized spacial score (nSPS) is 24.5. The zero-order valence-electron chi connectivity index (χ0n) is 10.7. The van der Waals surface area contributed by atoms with Crippen molar-refractivity contribution in [3.63, 3.8) is 0 Å². The molecule has 0 radical (unpaired) electrons. The van der Waals surface area contributed by atoms with E-state index in [2.05, 4.69) is 50.4 Å². The van der Waals surface area contributed by atoms with Gasteiger partial charge < -0.3 is 5.32 Å². The Morgan fingerprint density at radius 3 is 2.56 bits per heavy atom. The molecule has 2 unspecified atom stereocenters. The molecule has 2 atom stereocenters. The van der Waals surface area contributed by atoms with Crippen molar-refractivity contribution in [1.82, 2.24) is 5.32 Å². The largest absolute Gasteiger partial charge is 0.314 e. The molecular weight excluding hydrogens is 194 g/mol. The summed E-state index contributed by atoms with van der Waals surface area (Å²) in [6, 6.07) is 9.47. The van der Waals surface area contributed by atoms with Gasteiger partial charge in [-0.15, -0.1) is 0 Å². The highest BCUT2D eigenvalue weighted by Gasteiger charge is 2.32. The minimum absolute atomic E-state index is 0.609. The lowest BCUT2D eigenvalue weighted by Crippen LogP contribution is -2.36. The van der Waals surface area contributed by atoms with Gasteiger partial charge in [-0.25, -0.2) is 0 Å². The minimum Gasteiger partial charge on any atom is -0.314 e. The van der Waals surface area contributed by atoms with Crippen LogP contribution in [0.4, 0.5) is 0 Å². The lowest BCUT2D eigenvalue weighted by molar-refractivity contribution is 0.240. The third kappa shape index (κ3) is 2.46. The van der Waals surface area contributed by atoms with Gasteiger partial charge >= 0.3 is 0 Å². The van der Waals surface area contributed by atoms with Crippen LogP contribution in [0.1, 0.15) is 43.7 Å². The topological polar surface area (TPSA) is 12.0 Å². The zero-order chi connectivity index (χ0) is 11.5. The van der Waals surface area contributed by atoms with Crippen LogP contribution in [0.15, 0.2) is 24.3 Å². The predicted octanol–water partition coefficient (Wildman–Crippen LogP) is 3.49. The molecule has 1 heteroatoms. The molecule has 1 aliphatic rings. The molecule has 1 aromatic rings. The number of nitrogens with one attached hydrogen (secondary N) is 1. The lowest BCUT2D eigenvalue weighted by atomic mass is 9.69. The molecule has 0 spiro atoms. The highest BCUT2D eigenvalue weighted by atomic mass is 14.9. The Bertz CT molecular complexity index is 343. The van der Waals surface area contributed by atoms with Gasteiger partial charge in [-0.05, 0) is 49.3 Å². The molecule has 1 aromatic carbocycles. The van der Waals surface area contributed by atoms with E-state index in [9.17, 15) is 0 Å². The van der Waals surface area contributed by atoms with Gasteiger partial charge in [0.2, 0.25) is 0 Å². The molecule has 0 aromatic heterocycles. The molecule has 16 heavy (non-hydrogen) atoms. The fourth-order valence-corrected chi connectivity index (χ4v) is 2.61. The maximum Gasteiger partial charge on any atom is 0.00104 e. The van der Waals surface area contributed by atoms with Crippen LogP contribution in [0.3, 0.4) is 0 Å². The SMILES string of the molecule is Cc1ccccc1C1CCC1CNC(C)C. The molecule has 1 saturated carbocycles. The number of benzene rings is 1. The molecule has 0 aliphatic heterocycles. The van der Waals surface area contributed by atoms with Crippen molar-refractivity contribution in [2.45, 2.75) is 45.6 Å². The third-order valence-electron chi connectivity index (χ3n) is 3.79. The fraction of sp³-hybridized carbons (Fsp3) is 0.600.